The lowest BCUT2D eigenvalue weighted by Gasteiger charge is -2.17. The zero-order valence-electron chi connectivity index (χ0n) is 17.5. The summed E-state index contributed by atoms with van der Waals surface area (Å²) < 4.78 is 72.2. The van der Waals surface area contributed by atoms with Crippen LogP contribution in [0.2, 0.25) is 0 Å². The Morgan fingerprint density at radius 1 is 1.06 bits per heavy atom. The second-order valence-electron chi connectivity index (χ2n) is 7.25. The van der Waals surface area contributed by atoms with Gasteiger partial charge in [-0.25, -0.2) is 13.2 Å². The first kappa shape index (κ1) is 24.5. The van der Waals surface area contributed by atoms with Gasteiger partial charge in [0, 0.05) is 18.8 Å². The fourth-order valence-electron chi connectivity index (χ4n) is 3.13. The molecule has 1 atom stereocenters. The number of alkyl halides is 3. The molecule has 12 heteroatoms. The van der Waals surface area contributed by atoms with Crippen molar-refractivity contribution in [1.29, 1.82) is 0 Å². The molecule has 1 aliphatic rings. The number of ether oxygens (including phenoxy) is 2. The lowest BCUT2D eigenvalue weighted by Crippen LogP contribution is -2.30. The normalized spacial score (nSPS) is 15.6. The van der Waals surface area contributed by atoms with Crippen molar-refractivity contribution in [3.8, 4) is 5.75 Å². The van der Waals surface area contributed by atoms with Crippen LogP contribution in [0.5, 0.6) is 5.75 Å². The fraction of sp³-hybridized carbons (Fsp3) is 0.333. The monoisotopic (exact) mass is 486 g/mol. The Morgan fingerprint density at radius 3 is 2.30 bits per heavy atom. The Kier molecular flexibility index (Phi) is 7.28. The van der Waals surface area contributed by atoms with Gasteiger partial charge >= 0.3 is 12.3 Å². The van der Waals surface area contributed by atoms with Gasteiger partial charge in [0.05, 0.1) is 10.5 Å². The van der Waals surface area contributed by atoms with Gasteiger partial charge in [-0.15, -0.1) is 13.2 Å². The average molecular weight is 486 g/mol. The number of rotatable bonds is 7. The van der Waals surface area contributed by atoms with E-state index in [4.69, 9.17) is 4.74 Å². The fourth-order valence-corrected chi connectivity index (χ4v) is 4.69. The summed E-state index contributed by atoms with van der Waals surface area (Å²) >= 11 is 0. The van der Waals surface area contributed by atoms with Crippen LogP contribution < -0.4 is 10.1 Å². The van der Waals surface area contributed by atoms with E-state index >= 15 is 0 Å². The largest absolute Gasteiger partial charge is 0.573 e. The quantitative estimate of drug-likeness (QED) is 0.601. The number of anilines is 1. The van der Waals surface area contributed by atoms with Crippen LogP contribution in [-0.4, -0.2) is 50.2 Å². The maximum Gasteiger partial charge on any atom is 0.573 e. The number of nitrogens with one attached hydrogen (secondary N) is 1. The van der Waals surface area contributed by atoms with Gasteiger partial charge in [-0.3, -0.25) is 4.79 Å². The summed E-state index contributed by atoms with van der Waals surface area (Å²) in [6.07, 6.45) is -4.56. The smallest absolute Gasteiger partial charge is 0.449 e. The van der Waals surface area contributed by atoms with E-state index in [9.17, 15) is 31.2 Å². The van der Waals surface area contributed by atoms with Crippen molar-refractivity contribution < 1.29 is 40.7 Å². The summed E-state index contributed by atoms with van der Waals surface area (Å²) in [6, 6.07) is 9.79. The number of sulfonamides is 1. The molecule has 1 saturated heterocycles. The first-order valence-electron chi connectivity index (χ1n) is 9.93. The Hall–Kier alpha value is -3.12. The van der Waals surface area contributed by atoms with Crippen molar-refractivity contribution in [2.45, 2.75) is 37.1 Å². The topological polar surface area (TPSA) is 102 Å². The minimum Gasteiger partial charge on any atom is -0.449 e. The van der Waals surface area contributed by atoms with Crippen molar-refractivity contribution in [3.05, 3.63) is 54.1 Å². The molecular formula is C21H21F3N2O6S. The molecule has 0 bridgehead atoms. The summed E-state index contributed by atoms with van der Waals surface area (Å²) in [7, 11) is -3.73. The molecule has 33 heavy (non-hydrogen) atoms. The Labute approximate surface area is 188 Å². The van der Waals surface area contributed by atoms with Gasteiger partial charge in [-0.2, -0.15) is 4.31 Å². The van der Waals surface area contributed by atoms with Crippen LogP contribution >= 0.6 is 0 Å². The maximum atomic E-state index is 12.7. The third-order valence-electron chi connectivity index (χ3n) is 4.78. The second-order valence-corrected chi connectivity index (χ2v) is 9.19. The molecule has 1 fully saturated rings. The lowest BCUT2D eigenvalue weighted by atomic mass is 10.2. The van der Waals surface area contributed by atoms with E-state index in [1.165, 1.54) is 47.6 Å². The van der Waals surface area contributed by atoms with Gasteiger partial charge in [-0.05, 0) is 62.2 Å². The van der Waals surface area contributed by atoms with Crippen molar-refractivity contribution >= 4 is 27.6 Å². The lowest BCUT2D eigenvalue weighted by molar-refractivity contribution is -0.274. The predicted octanol–water partition coefficient (Wildman–Crippen LogP) is 3.55. The van der Waals surface area contributed by atoms with Crippen molar-refractivity contribution in [1.82, 2.24) is 4.31 Å². The highest BCUT2D eigenvalue weighted by molar-refractivity contribution is 7.89. The zero-order chi connectivity index (χ0) is 24.2. The summed E-state index contributed by atoms with van der Waals surface area (Å²) in [6.45, 7) is 2.13. The van der Waals surface area contributed by atoms with E-state index in [2.05, 4.69) is 10.1 Å². The summed E-state index contributed by atoms with van der Waals surface area (Å²) in [5, 5.41) is 2.41. The molecule has 1 amide bonds. The van der Waals surface area contributed by atoms with Crippen LogP contribution in [0, 0.1) is 0 Å². The molecule has 1 aliphatic heterocycles. The minimum absolute atomic E-state index is 0.0384. The molecule has 0 aliphatic carbocycles. The number of carbonyl (C=O) groups is 2. The molecule has 0 radical (unpaired) electrons. The maximum absolute atomic E-state index is 12.7. The molecule has 3 rings (SSSR count). The SMILES string of the molecule is CC(OC(=O)c1cccc(S(=O)(=O)N2CCCC2)c1)C(=O)Nc1ccc(OC(F)(F)F)cc1. The van der Waals surface area contributed by atoms with Gasteiger partial charge in [0.1, 0.15) is 5.75 Å². The van der Waals surface area contributed by atoms with Gasteiger partial charge in [-0.1, -0.05) is 6.07 Å². The highest BCUT2D eigenvalue weighted by Crippen LogP contribution is 2.24. The molecule has 0 spiro atoms. The van der Waals surface area contributed by atoms with E-state index in [1.54, 1.807) is 0 Å². The standard InChI is InChI=1S/C21H21F3N2O6S/c1-14(19(27)25-16-7-9-17(10-8-16)32-21(22,23)24)31-20(28)15-5-4-6-18(13-15)33(29,30)26-11-2-3-12-26/h4-10,13-14H,2-3,11-12H2,1H3,(H,25,27). The van der Waals surface area contributed by atoms with Crippen LogP contribution in [0.3, 0.4) is 0 Å². The predicted molar refractivity (Wildman–Crippen MR) is 111 cm³/mol. The third-order valence-corrected chi connectivity index (χ3v) is 6.68. The van der Waals surface area contributed by atoms with Crippen molar-refractivity contribution in [2.24, 2.45) is 0 Å². The molecule has 2 aromatic rings. The first-order chi connectivity index (χ1) is 15.5. The van der Waals surface area contributed by atoms with E-state index in [1.807, 2.05) is 0 Å². The van der Waals surface area contributed by atoms with E-state index in [0.29, 0.717) is 13.1 Å². The molecule has 0 aromatic heterocycles. The van der Waals surface area contributed by atoms with Gasteiger partial charge < -0.3 is 14.8 Å². The second kappa shape index (κ2) is 9.79. The van der Waals surface area contributed by atoms with Crippen LogP contribution in [-0.2, 0) is 19.6 Å². The van der Waals surface area contributed by atoms with Crippen molar-refractivity contribution in [2.75, 3.05) is 18.4 Å². The molecule has 2 aromatic carbocycles. The Morgan fingerprint density at radius 2 is 1.70 bits per heavy atom. The number of nitrogens with zero attached hydrogens (tertiary/aromatic N) is 1. The molecule has 8 nitrogen and oxygen atoms in total. The van der Waals surface area contributed by atoms with E-state index < -0.39 is 40.1 Å². The highest BCUT2D eigenvalue weighted by atomic mass is 32.2. The van der Waals surface area contributed by atoms with Crippen LogP contribution in [0.25, 0.3) is 0 Å². The zero-order valence-corrected chi connectivity index (χ0v) is 18.3. The molecule has 1 unspecified atom stereocenters. The van der Waals surface area contributed by atoms with Crippen LogP contribution in [0.15, 0.2) is 53.4 Å². The Bertz CT molecular complexity index is 1110. The van der Waals surface area contributed by atoms with E-state index in [0.717, 1.165) is 25.0 Å². The third kappa shape index (κ3) is 6.45. The van der Waals surface area contributed by atoms with Gasteiger partial charge in [0.25, 0.3) is 5.91 Å². The van der Waals surface area contributed by atoms with Crippen LogP contribution in [0.1, 0.15) is 30.1 Å². The average Bonchev–Trinajstić information content (AvgIpc) is 3.30. The summed E-state index contributed by atoms with van der Waals surface area (Å²) in [5.41, 5.74) is 0.125. The van der Waals surface area contributed by atoms with Crippen molar-refractivity contribution in [3.63, 3.8) is 0 Å². The number of halogens is 3. The first-order valence-corrected chi connectivity index (χ1v) is 11.4. The summed E-state index contributed by atoms with van der Waals surface area (Å²) in [4.78, 5) is 24.7. The van der Waals surface area contributed by atoms with Gasteiger partial charge in [0.2, 0.25) is 10.0 Å². The molecular weight excluding hydrogens is 465 g/mol. The number of hydrogen-bond donors (Lipinski definition) is 1. The molecule has 0 saturated carbocycles. The van der Waals surface area contributed by atoms with E-state index in [-0.39, 0.29) is 16.1 Å². The number of carbonyl (C=O) groups excluding carboxylic acids is 2. The number of benzene rings is 2. The Balaban J connectivity index is 1.61. The highest BCUT2D eigenvalue weighted by Gasteiger charge is 2.31. The van der Waals surface area contributed by atoms with Crippen LogP contribution in [0.4, 0.5) is 18.9 Å². The molecule has 1 N–H and O–H groups in total. The molecule has 178 valence electrons. The number of amides is 1. The van der Waals surface area contributed by atoms with Gasteiger partial charge in [0.15, 0.2) is 6.10 Å². The molecule has 1 heterocycles. The summed E-state index contributed by atoms with van der Waals surface area (Å²) in [5.74, 6) is -2.08. The number of esters is 1. The number of hydrogen-bond acceptors (Lipinski definition) is 6. The minimum atomic E-state index is -4.83.